The molecule has 1 aromatic heterocycles. The molecular formula is C9H7FN2S. The van der Waals surface area contributed by atoms with Crippen LogP contribution in [0.5, 0.6) is 0 Å². The van der Waals surface area contributed by atoms with Crippen LogP contribution in [0, 0.1) is 17.4 Å². The number of rotatable bonds is 0. The number of fused-ring (bicyclic) bond motifs is 1. The summed E-state index contributed by atoms with van der Waals surface area (Å²) in [6.45, 7) is 1.79. The highest BCUT2D eigenvalue weighted by Gasteiger charge is 2.02. The summed E-state index contributed by atoms with van der Waals surface area (Å²) in [4.78, 5) is 6.94. The molecule has 4 heteroatoms. The van der Waals surface area contributed by atoms with Gasteiger partial charge in [-0.2, -0.15) is 0 Å². The van der Waals surface area contributed by atoms with Crippen LogP contribution in [0.1, 0.15) is 5.82 Å². The Morgan fingerprint density at radius 2 is 2.23 bits per heavy atom. The summed E-state index contributed by atoms with van der Waals surface area (Å²) in [6, 6.07) is 4.80. The van der Waals surface area contributed by atoms with Gasteiger partial charge >= 0.3 is 0 Å². The highest BCUT2D eigenvalue weighted by atomic mass is 32.1. The Bertz CT molecular complexity index is 518. The minimum Gasteiger partial charge on any atom is -0.343 e. The lowest BCUT2D eigenvalue weighted by atomic mass is 10.2. The van der Waals surface area contributed by atoms with E-state index in [4.69, 9.17) is 12.2 Å². The number of halogens is 1. The molecule has 2 nitrogen and oxygen atoms in total. The molecule has 0 radical (unpaired) electrons. The molecule has 0 spiro atoms. The summed E-state index contributed by atoms with van der Waals surface area (Å²) in [7, 11) is 0. The summed E-state index contributed by atoms with van der Waals surface area (Å²) >= 11 is 4.96. The van der Waals surface area contributed by atoms with Gasteiger partial charge in [0.1, 0.15) is 16.3 Å². The maximum absolute atomic E-state index is 13.3. The Labute approximate surface area is 79.4 Å². The van der Waals surface area contributed by atoms with E-state index in [1.165, 1.54) is 6.07 Å². The molecule has 1 heterocycles. The zero-order chi connectivity index (χ0) is 9.42. The Morgan fingerprint density at radius 1 is 1.46 bits per heavy atom. The van der Waals surface area contributed by atoms with Crippen LogP contribution >= 0.6 is 12.2 Å². The van der Waals surface area contributed by atoms with Crippen molar-refractivity contribution in [2.45, 2.75) is 6.92 Å². The van der Waals surface area contributed by atoms with Gasteiger partial charge < -0.3 is 4.98 Å². The molecule has 0 aliphatic heterocycles. The molecule has 2 aromatic rings. The summed E-state index contributed by atoms with van der Waals surface area (Å²) in [5, 5.41) is 0.392. The van der Waals surface area contributed by atoms with Gasteiger partial charge in [-0.3, -0.25) is 0 Å². The molecule has 1 aromatic carbocycles. The average Bonchev–Trinajstić information content (AvgIpc) is 2.02. The van der Waals surface area contributed by atoms with Crippen molar-refractivity contribution < 1.29 is 4.39 Å². The van der Waals surface area contributed by atoms with Crippen molar-refractivity contribution in [3.63, 3.8) is 0 Å². The van der Waals surface area contributed by atoms with E-state index in [1.54, 1.807) is 19.1 Å². The van der Waals surface area contributed by atoms with Crippen LogP contribution in [-0.4, -0.2) is 9.97 Å². The van der Waals surface area contributed by atoms with Crippen molar-refractivity contribution >= 4 is 23.1 Å². The quantitative estimate of drug-likeness (QED) is 0.653. The van der Waals surface area contributed by atoms with Gasteiger partial charge in [0.05, 0.1) is 10.9 Å². The first-order valence-corrected chi connectivity index (χ1v) is 4.24. The third-order valence-electron chi connectivity index (χ3n) is 1.81. The van der Waals surface area contributed by atoms with Gasteiger partial charge in [-0.25, -0.2) is 9.37 Å². The van der Waals surface area contributed by atoms with E-state index >= 15 is 0 Å². The number of hydrogen-bond acceptors (Lipinski definition) is 2. The van der Waals surface area contributed by atoms with Crippen LogP contribution in [0.3, 0.4) is 0 Å². The Balaban J connectivity index is 3.03. The fourth-order valence-electron chi connectivity index (χ4n) is 1.28. The standard InChI is InChI=1S/C9H7FN2S/c1-5-11-7-4-2-3-6(10)8(7)9(13)12-5/h2-4H,1H3,(H,11,12,13). The molecule has 0 fully saturated rings. The van der Waals surface area contributed by atoms with Crippen LogP contribution < -0.4 is 0 Å². The second-order valence-electron chi connectivity index (χ2n) is 2.79. The number of nitrogens with one attached hydrogen (secondary N) is 1. The lowest BCUT2D eigenvalue weighted by Gasteiger charge is -2.00. The molecular weight excluding hydrogens is 187 g/mol. The molecule has 13 heavy (non-hydrogen) atoms. The third kappa shape index (κ3) is 1.33. The first-order valence-electron chi connectivity index (χ1n) is 3.83. The fraction of sp³-hybridized carbons (Fsp3) is 0.111. The zero-order valence-electron chi connectivity index (χ0n) is 6.97. The molecule has 0 atom stereocenters. The van der Waals surface area contributed by atoms with Gasteiger partial charge in [0.25, 0.3) is 0 Å². The molecule has 0 amide bonds. The number of nitrogens with zero attached hydrogens (tertiary/aromatic N) is 1. The highest BCUT2D eigenvalue weighted by molar-refractivity contribution is 7.71. The minimum atomic E-state index is -0.328. The molecule has 0 bridgehead atoms. The number of H-pyrrole nitrogens is 1. The fourth-order valence-corrected chi connectivity index (χ4v) is 1.62. The molecule has 0 unspecified atom stereocenters. The third-order valence-corrected chi connectivity index (χ3v) is 2.11. The lowest BCUT2D eigenvalue weighted by molar-refractivity contribution is 0.638. The first kappa shape index (κ1) is 8.31. The van der Waals surface area contributed by atoms with Crippen molar-refractivity contribution in [3.05, 3.63) is 34.5 Å². The van der Waals surface area contributed by atoms with Gasteiger partial charge in [0, 0.05) is 0 Å². The summed E-state index contributed by atoms with van der Waals surface area (Å²) in [6.07, 6.45) is 0. The van der Waals surface area contributed by atoms with Crippen LogP contribution in [0.25, 0.3) is 10.9 Å². The van der Waals surface area contributed by atoms with E-state index in [1.807, 2.05) is 0 Å². The van der Waals surface area contributed by atoms with Gasteiger partial charge in [-0.1, -0.05) is 18.3 Å². The molecule has 0 aliphatic rings. The van der Waals surface area contributed by atoms with Gasteiger partial charge in [0.2, 0.25) is 0 Å². The molecule has 0 aliphatic carbocycles. The normalized spacial score (nSPS) is 10.6. The van der Waals surface area contributed by atoms with Crippen LogP contribution in [0.4, 0.5) is 4.39 Å². The van der Waals surface area contributed by atoms with E-state index in [2.05, 4.69) is 9.97 Å². The van der Waals surface area contributed by atoms with E-state index in [0.717, 1.165) is 0 Å². The SMILES string of the molecule is Cc1nc(=S)c2c(F)cccc2[nH]1. The average molecular weight is 194 g/mol. The number of aromatic nitrogens is 2. The zero-order valence-corrected chi connectivity index (χ0v) is 7.78. The highest BCUT2D eigenvalue weighted by Crippen LogP contribution is 2.15. The monoisotopic (exact) mass is 194 g/mol. The second kappa shape index (κ2) is 2.88. The summed E-state index contributed by atoms with van der Waals surface area (Å²) in [5.41, 5.74) is 0.692. The van der Waals surface area contributed by atoms with E-state index in [0.29, 0.717) is 21.4 Å². The second-order valence-corrected chi connectivity index (χ2v) is 3.18. The Kier molecular flexibility index (Phi) is 1.84. The maximum Gasteiger partial charge on any atom is 0.140 e. The van der Waals surface area contributed by atoms with E-state index in [-0.39, 0.29) is 5.82 Å². The largest absolute Gasteiger partial charge is 0.343 e. The molecule has 66 valence electrons. The van der Waals surface area contributed by atoms with Gasteiger partial charge in [0.15, 0.2) is 0 Å². The molecule has 2 rings (SSSR count). The predicted octanol–water partition coefficient (Wildman–Crippen LogP) is 2.74. The summed E-state index contributed by atoms with van der Waals surface area (Å²) < 4.78 is 13.6. The number of aryl methyl sites for hydroxylation is 1. The lowest BCUT2D eigenvalue weighted by Crippen LogP contribution is -1.91. The van der Waals surface area contributed by atoms with Crippen molar-refractivity contribution in [1.29, 1.82) is 0 Å². The first-order chi connectivity index (χ1) is 6.18. The van der Waals surface area contributed by atoms with Crippen LogP contribution in [0.15, 0.2) is 18.2 Å². The van der Waals surface area contributed by atoms with E-state index < -0.39 is 0 Å². The number of aromatic amines is 1. The Morgan fingerprint density at radius 3 is 3.00 bits per heavy atom. The van der Waals surface area contributed by atoms with Crippen LogP contribution in [-0.2, 0) is 0 Å². The molecule has 0 saturated heterocycles. The van der Waals surface area contributed by atoms with Crippen molar-refractivity contribution in [3.8, 4) is 0 Å². The Hall–Kier alpha value is -1.29. The van der Waals surface area contributed by atoms with Crippen molar-refractivity contribution in [2.75, 3.05) is 0 Å². The molecule has 0 saturated carbocycles. The van der Waals surface area contributed by atoms with Crippen molar-refractivity contribution in [2.24, 2.45) is 0 Å². The van der Waals surface area contributed by atoms with Gasteiger partial charge in [-0.15, -0.1) is 0 Å². The van der Waals surface area contributed by atoms with E-state index in [9.17, 15) is 4.39 Å². The van der Waals surface area contributed by atoms with Crippen LogP contribution in [0.2, 0.25) is 0 Å². The van der Waals surface area contributed by atoms with Gasteiger partial charge in [-0.05, 0) is 19.1 Å². The number of hydrogen-bond donors (Lipinski definition) is 1. The smallest absolute Gasteiger partial charge is 0.140 e. The van der Waals surface area contributed by atoms with Crippen molar-refractivity contribution in [1.82, 2.24) is 9.97 Å². The predicted molar refractivity (Wildman–Crippen MR) is 51.6 cm³/mol. The number of benzene rings is 1. The molecule has 1 N–H and O–H groups in total. The minimum absolute atomic E-state index is 0.310. The topological polar surface area (TPSA) is 28.7 Å². The maximum atomic E-state index is 13.3. The summed E-state index contributed by atoms with van der Waals surface area (Å²) in [5.74, 6) is 0.370.